The van der Waals surface area contributed by atoms with Crippen LogP contribution in [-0.2, 0) is 4.79 Å². The van der Waals surface area contributed by atoms with E-state index in [-0.39, 0.29) is 10.7 Å². The second-order valence-corrected chi connectivity index (χ2v) is 2.73. The van der Waals surface area contributed by atoms with Crippen molar-refractivity contribution in [1.29, 1.82) is 0 Å². The van der Waals surface area contributed by atoms with Crippen molar-refractivity contribution < 1.29 is 19.0 Å². The SMILES string of the molecule is Nc1c(Cl)cnc(OCC(=O)O)c1F. The van der Waals surface area contributed by atoms with E-state index in [1.165, 1.54) is 0 Å². The molecule has 5 nitrogen and oxygen atoms in total. The predicted molar refractivity (Wildman–Crippen MR) is 46.7 cm³/mol. The molecule has 0 spiro atoms. The number of aromatic nitrogens is 1. The number of hydrogen-bond acceptors (Lipinski definition) is 4. The minimum Gasteiger partial charge on any atom is -0.479 e. The van der Waals surface area contributed by atoms with E-state index in [1.807, 2.05) is 0 Å². The molecule has 3 N–H and O–H groups in total. The second-order valence-electron chi connectivity index (χ2n) is 2.32. The minimum absolute atomic E-state index is 0.0508. The highest BCUT2D eigenvalue weighted by molar-refractivity contribution is 6.32. The molecule has 0 radical (unpaired) electrons. The first-order valence-electron chi connectivity index (χ1n) is 3.46. The number of carbonyl (C=O) groups is 1. The van der Waals surface area contributed by atoms with Gasteiger partial charge < -0.3 is 15.6 Å². The molecule has 1 rings (SSSR count). The second kappa shape index (κ2) is 4.10. The summed E-state index contributed by atoms with van der Waals surface area (Å²) in [4.78, 5) is 13.5. The van der Waals surface area contributed by atoms with E-state index in [1.54, 1.807) is 0 Å². The number of carboxylic acids is 1. The number of nitrogen functional groups attached to an aromatic ring is 1. The van der Waals surface area contributed by atoms with Gasteiger partial charge in [-0.25, -0.2) is 9.78 Å². The summed E-state index contributed by atoms with van der Waals surface area (Å²) in [7, 11) is 0. The summed E-state index contributed by atoms with van der Waals surface area (Å²) in [5, 5.41) is 8.21. The van der Waals surface area contributed by atoms with Gasteiger partial charge in [0, 0.05) is 0 Å². The summed E-state index contributed by atoms with van der Waals surface area (Å²) < 4.78 is 17.6. The fraction of sp³-hybridized carbons (Fsp3) is 0.143. The molecule has 0 aliphatic heterocycles. The van der Waals surface area contributed by atoms with Crippen LogP contribution in [0.25, 0.3) is 0 Å². The Morgan fingerprint density at radius 1 is 1.79 bits per heavy atom. The first kappa shape index (κ1) is 10.5. The Labute approximate surface area is 83.3 Å². The van der Waals surface area contributed by atoms with Crippen molar-refractivity contribution in [3.8, 4) is 5.88 Å². The lowest BCUT2D eigenvalue weighted by Crippen LogP contribution is -2.11. The lowest BCUT2D eigenvalue weighted by atomic mass is 10.4. The first-order chi connectivity index (χ1) is 6.52. The van der Waals surface area contributed by atoms with Gasteiger partial charge in [0.1, 0.15) is 0 Å². The van der Waals surface area contributed by atoms with Gasteiger partial charge in [-0.15, -0.1) is 0 Å². The van der Waals surface area contributed by atoms with Crippen LogP contribution in [0.2, 0.25) is 5.02 Å². The van der Waals surface area contributed by atoms with Crippen LogP contribution >= 0.6 is 11.6 Å². The highest BCUT2D eigenvalue weighted by atomic mass is 35.5. The van der Waals surface area contributed by atoms with Crippen LogP contribution in [0.3, 0.4) is 0 Å². The van der Waals surface area contributed by atoms with Crippen LogP contribution in [0.5, 0.6) is 5.88 Å². The quantitative estimate of drug-likeness (QED) is 0.791. The molecular formula is C7H6ClFN2O3. The zero-order valence-corrected chi connectivity index (χ0v) is 7.58. The summed E-state index contributed by atoms with van der Waals surface area (Å²) >= 11 is 5.45. The molecule has 1 aromatic rings. The summed E-state index contributed by atoms with van der Waals surface area (Å²) in [6, 6.07) is 0. The van der Waals surface area contributed by atoms with Crippen LogP contribution in [-0.4, -0.2) is 22.7 Å². The number of halogens is 2. The summed E-state index contributed by atoms with van der Waals surface area (Å²) in [6.45, 7) is -0.689. The third-order valence-corrected chi connectivity index (χ3v) is 1.61. The van der Waals surface area contributed by atoms with Gasteiger partial charge in [0.2, 0.25) is 5.82 Å². The largest absolute Gasteiger partial charge is 0.479 e. The Balaban J connectivity index is 2.88. The lowest BCUT2D eigenvalue weighted by molar-refractivity contribution is -0.139. The Kier molecular flexibility index (Phi) is 3.08. The third-order valence-electron chi connectivity index (χ3n) is 1.31. The van der Waals surface area contributed by atoms with Gasteiger partial charge in [-0.1, -0.05) is 11.6 Å². The standard InChI is InChI=1S/C7H6ClFN2O3/c8-3-1-11-7(5(9)6(3)10)14-2-4(12)13/h1H,2H2,(H2,10,11)(H,12,13). The van der Waals surface area contributed by atoms with Gasteiger partial charge >= 0.3 is 5.97 Å². The molecule has 0 saturated carbocycles. The molecule has 0 aliphatic rings. The summed E-state index contributed by atoms with van der Waals surface area (Å²) in [6.07, 6.45) is 1.08. The maximum Gasteiger partial charge on any atom is 0.341 e. The van der Waals surface area contributed by atoms with Crippen LogP contribution in [0.1, 0.15) is 0 Å². The van der Waals surface area contributed by atoms with E-state index in [0.717, 1.165) is 6.20 Å². The number of aliphatic carboxylic acids is 1. The molecule has 1 aromatic heterocycles. The minimum atomic E-state index is -1.24. The number of nitrogens with two attached hydrogens (primary N) is 1. The van der Waals surface area contributed by atoms with E-state index in [2.05, 4.69) is 9.72 Å². The number of anilines is 1. The van der Waals surface area contributed by atoms with Gasteiger partial charge in [0.25, 0.3) is 5.88 Å². The van der Waals surface area contributed by atoms with Gasteiger partial charge in [-0.3, -0.25) is 0 Å². The maximum absolute atomic E-state index is 13.1. The smallest absolute Gasteiger partial charge is 0.341 e. The average molecular weight is 221 g/mol. The summed E-state index contributed by atoms with van der Waals surface area (Å²) in [5.74, 6) is -2.67. The van der Waals surface area contributed by atoms with Crippen molar-refractivity contribution in [2.75, 3.05) is 12.3 Å². The Hall–Kier alpha value is -1.56. The van der Waals surface area contributed by atoms with Crippen LogP contribution < -0.4 is 10.5 Å². The van der Waals surface area contributed by atoms with Crippen molar-refractivity contribution in [1.82, 2.24) is 4.98 Å². The fourth-order valence-corrected chi connectivity index (χ4v) is 0.824. The zero-order chi connectivity index (χ0) is 10.7. The molecule has 0 amide bonds. The molecule has 7 heteroatoms. The van der Waals surface area contributed by atoms with Crippen molar-refractivity contribution >= 4 is 23.3 Å². The van der Waals surface area contributed by atoms with Gasteiger partial charge in [-0.05, 0) is 0 Å². The molecule has 0 saturated heterocycles. The van der Waals surface area contributed by atoms with Gasteiger partial charge in [0.05, 0.1) is 16.9 Å². The topological polar surface area (TPSA) is 85.4 Å². The number of hydrogen-bond donors (Lipinski definition) is 2. The van der Waals surface area contributed by atoms with E-state index in [0.29, 0.717) is 0 Å². The van der Waals surface area contributed by atoms with Crippen LogP contribution in [0.15, 0.2) is 6.20 Å². The Morgan fingerprint density at radius 2 is 2.43 bits per heavy atom. The zero-order valence-electron chi connectivity index (χ0n) is 6.83. The van der Waals surface area contributed by atoms with Crippen LogP contribution in [0, 0.1) is 5.82 Å². The number of pyridine rings is 1. The van der Waals surface area contributed by atoms with E-state index in [9.17, 15) is 9.18 Å². The van der Waals surface area contributed by atoms with Crippen LogP contribution in [0.4, 0.5) is 10.1 Å². The van der Waals surface area contributed by atoms with E-state index in [4.69, 9.17) is 22.4 Å². The molecule has 76 valence electrons. The molecule has 0 aromatic carbocycles. The van der Waals surface area contributed by atoms with Gasteiger partial charge in [0.15, 0.2) is 6.61 Å². The first-order valence-corrected chi connectivity index (χ1v) is 3.84. The van der Waals surface area contributed by atoms with Crippen molar-refractivity contribution in [3.63, 3.8) is 0 Å². The molecule has 14 heavy (non-hydrogen) atoms. The Bertz CT molecular complexity index is 372. The average Bonchev–Trinajstić information content (AvgIpc) is 2.13. The normalized spacial score (nSPS) is 9.86. The highest BCUT2D eigenvalue weighted by Gasteiger charge is 2.13. The number of rotatable bonds is 3. The third kappa shape index (κ3) is 2.23. The monoisotopic (exact) mass is 220 g/mol. The van der Waals surface area contributed by atoms with E-state index < -0.39 is 24.3 Å². The Morgan fingerprint density at radius 3 is 3.00 bits per heavy atom. The molecular weight excluding hydrogens is 215 g/mol. The highest BCUT2D eigenvalue weighted by Crippen LogP contribution is 2.26. The van der Waals surface area contributed by atoms with Crippen molar-refractivity contribution in [3.05, 3.63) is 17.0 Å². The molecule has 0 atom stereocenters. The number of nitrogens with zero attached hydrogens (tertiary/aromatic N) is 1. The molecule has 0 fully saturated rings. The van der Waals surface area contributed by atoms with Crippen molar-refractivity contribution in [2.45, 2.75) is 0 Å². The van der Waals surface area contributed by atoms with Crippen molar-refractivity contribution in [2.24, 2.45) is 0 Å². The molecule has 1 heterocycles. The molecule has 0 bridgehead atoms. The predicted octanol–water partition coefficient (Wildman–Crippen LogP) is 0.920. The maximum atomic E-state index is 13.1. The number of ether oxygens (including phenoxy) is 1. The molecule has 0 unspecified atom stereocenters. The fourth-order valence-electron chi connectivity index (χ4n) is 0.692. The summed E-state index contributed by atoms with van der Waals surface area (Å²) in [5.41, 5.74) is 4.90. The lowest BCUT2D eigenvalue weighted by Gasteiger charge is -2.05. The van der Waals surface area contributed by atoms with Gasteiger partial charge in [-0.2, -0.15) is 4.39 Å². The molecule has 0 aliphatic carbocycles. The van der Waals surface area contributed by atoms with E-state index >= 15 is 0 Å². The number of carboxylic acid groups (broad SMARTS) is 1.